The van der Waals surface area contributed by atoms with Gasteiger partial charge < -0.3 is 5.32 Å². The summed E-state index contributed by atoms with van der Waals surface area (Å²) in [4.78, 5) is 0. The molecule has 0 heterocycles. The first-order valence-corrected chi connectivity index (χ1v) is 4.68. The van der Waals surface area contributed by atoms with E-state index >= 15 is 0 Å². The minimum atomic E-state index is 0.559. The Kier molecular flexibility index (Phi) is 2.80. The van der Waals surface area contributed by atoms with Crippen molar-refractivity contribution >= 4 is 0 Å². The third-order valence-corrected chi connectivity index (χ3v) is 2.94. The van der Waals surface area contributed by atoms with E-state index in [0.29, 0.717) is 11.5 Å². The molecular weight excluding hydrogens is 146 g/mol. The largest absolute Gasteiger partial charge is 0.316 e. The molecule has 1 N–H and O–H groups in total. The van der Waals surface area contributed by atoms with Crippen molar-refractivity contribution in [3.63, 3.8) is 0 Å². The van der Waals surface area contributed by atoms with Gasteiger partial charge in [-0.25, -0.2) is 0 Å². The first-order chi connectivity index (χ1) is 5.61. The standard InChI is InChI=1S/C11H19N/c1-5-6-7-10(12-4)9-8-11(9,2)3/h9-10,12H,7-8H2,1-4H3. The second-order valence-electron chi connectivity index (χ2n) is 4.33. The van der Waals surface area contributed by atoms with Gasteiger partial charge >= 0.3 is 0 Å². The van der Waals surface area contributed by atoms with Gasteiger partial charge in [-0.2, -0.15) is 0 Å². The van der Waals surface area contributed by atoms with Gasteiger partial charge in [0.1, 0.15) is 0 Å². The van der Waals surface area contributed by atoms with Crippen LogP contribution in [0, 0.1) is 23.2 Å². The number of hydrogen-bond acceptors (Lipinski definition) is 1. The summed E-state index contributed by atoms with van der Waals surface area (Å²) in [5.74, 6) is 6.93. The molecule has 1 saturated carbocycles. The zero-order valence-corrected chi connectivity index (χ0v) is 8.57. The first kappa shape index (κ1) is 9.61. The van der Waals surface area contributed by atoms with E-state index < -0.39 is 0 Å². The van der Waals surface area contributed by atoms with Crippen molar-refractivity contribution < 1.29 is 0 Å². The summed E-state index contributed by atoms with van der Waals surface area (Å²) in [7, 11) is 2.04. The summed E-state index contributed by atoms with van der Waals surface area (Å²) >= 11 is 0. The Balaban J connectivity index is 2.41. The minimum Gasteiger partial charge on any atom is -0.316 e. The van der Waals surface area contributed by atoms with Crippen molar-refractivity contribution in [2.24, 2.45) is 11.3 Å². The lowest BCUT2D eigenvalue weighted by Crippen LogP contribution is -2.28. The second-order valence-corrected chi connectivity index (χ2v) is 4.33. The summed E-state index contributed by atoms with van der Waals surface area (Å²) in [5, 5.41) is 3.35. The van der Waals surface area contributed by atoms with E-state index in [0.717, 1.165) is 12.3 Å². The van der Waals surface area contributed by atoms with E-state index in [9.17, 15) is 0 Å². The van der Waals surface area contributed by atoms with E-state index in [1.165, 1.54) is 6.42 Å². The molecule has 12 heavy (non-hydrogen) atoms. The molecule has 1 aliphatic rings. The Hall–Kier alpha value is -0.480. The lowest BCUT2D eigenvalue weighted by Gasteiger charge is -2.14. The average Bonchev–Trinajstić information content (AvgIpc) is 2.62. The van der Waals surface area contributed by atoms with Gasteiger partial charge in [0.2, 0.25) is 0 Å². The maximum absolute atomic E-state index is 3.35. The highest BCUT2D eigenvalue weighted by atomic mass is 14.9. The molecule has 1 fully saturated rings. The van der Waals surface area contributed by atoms with E-state index in [4.69, 9.17) is 0 Å². The van der Waals surface area contributed by atoms with Crippen molar-refractivity contribution in [1.29, 1.82) is 0 Å². The zero-order chi connectivity index (χ0) is 9.19. The van der Waals surface area contributed by atoms with Crippen LogP contribution in [0.2, 0.25) is 0 Å². The fourth-order valence-corrected chi connectivity index (χ4v) is 1.85. The van der Waals surface area contributed by atoms with Crippen LogP contribution in [0.3, 0.4) is 0 Å². The van der Waals surface area contributed by atoms with Crippen LogP contribution in [0.5, 0.6) is 0 Å². The quantitative estimate of drug-likeness (QED) is 0.631. The molecule has 0 radical (unpaired) electrons. The summed E-state index contributed by atoms with van der Waals surface area (Å²) < 4.78 is 0. The van der Waals surface area contributed by atoms with Crippen LogP contribution in [0.15, 0.2) is 0 Å². The van der Waals surface area contributed by atoms with Gasteiger partial charge in [-0.1, -0.05) is 13.8 Å². The van der Waals surface area contributed by atoms with Gasteiger partial charge in [0.15, 0.2) is 0 Å². The molecule has 0 aliphatic heterocycles. The van der Waals surface area contributed by atoms with Crippen molar-refractivity contribution in [3.8, 4) is 11.8 Å². The Bertz CT molecular complexity index is 207. The molecule has 0 amide bonds. The highest BCUT2D eigenvalue weighted by Gasteiger charge is 2.49. The van der Waals surface area contributed by atoms with Crippen LogP contribution < -0.4 is 5.32 Å². The van der Waals surface area contributed by atoms with Gasteiger partial charge in [0, 0.05) is 12.5 Å². The van der Waals surface area contributed by atoms with Crippen molar-refractivity contribution in [1.82, 2.24) is 5.32 Å². The van der Waals surface area contributed by atoms with Gasteiger partial charge in [-0.3, -0.25) is 0 Å². The Morgan fingerprint density at radius 1 is 1.58 bits per heavy atom. The van der Waals surface area contributed by atoms with Gasteiger partial charge in [0.25, 0.3) is 0 Å². The lowest BCUT2D eigenvalue weighted by molar-refractivity contribution is 0.434. The molecule has 1 heteroatoms. The van der Waals surface area contributed by atoms with Crippen molar-refractivity contribution in [2.75, 3.05) is 7.05 Å². The predicted octanol–water partition coefficient (Wildman–Crippen LogP) is 2.03. The number of nitrogens with one attached hydrogen (secondary N) is 1. The van der Waals surface area contributed by atoms with Gasteiger partial charge in [0.05, 0.1) is 0 Å². The fraction of sp³-hybridized carbons (Fsp3) is 0.818. The van der Waals surface area contributed by atoms with Crippen molar-refractivity contribution in [3.05, 3.63) is 0 Å². The summed E-state index contributed by atoms with van der Waals surface area (Å²) in [6.45, 7) is 6.58. The molecule has 1 rings (SSSR count). The van der Waals surface area contributed by atoms with E-state index in [1.807, 2.05) is 14.0 Å². The summed E-state index contributed by atoms with van der Waals surface area (Å²) in [6, 6.07) is 0.604. The third-order valence-electron chi connectivity index (χ3n) is 2.94. The van der Waals surface area contributed by atoms with Crippen LogP contribution in [-0.2, 0) is 0 Å². The van der Waals surface area contributed by atoms with Crippen LogP contribution in [0.4, 0.5) is 0 Å². The van der Waals surface area contributed by atoms with Crippen LogP contribution in [0.25, 0.3) is 0 Å². The second kappa shape index (κ2) is 3.49. The Labute approximate surface area is 75.9 Å². The molecule has 2 atom stereocenters. The van der Waals surface area contributed by atoms with E-state index in [2.05, 4.69) is 31.0 Å². The SMILES string of the molecule is CC#CCC(NC)C1CC1(C)C. The lowest BCUT2D eigenvalue weighted by atomic mass is 10.0. The molecule has 0 aromatic carbocycles. The first-order valence-electron chi connectivity index (χ1n) is 4.68. The molecule has 0 aromatic rings. The van der Waals surface area contributed by atoms with Gasteiger partial charge in [-0.05, 0) is 31.7 Å². The van der Waals surface area contributed by atoms with E-state index in [1.54, 1.807) is 0 Å². The van der Waals surface area contributed by atoms with Crippen LogP contribution in [-0.4, -0.2) is 13.1 Å². The Morgan fingerprint density at radius 2 is 2.17 bits per heavy atom. The van der Waals surface area contributed by atoms with Gasteiger partial charge in [-0.15, -0.1) is 11.8 Å². The maximum Gasteiger partial charge on any atom is 0.0246 e. The molecule has 1 aliphatic carbocycles. The monoisotopic (exact) mass is 165 g/mol. The highest BCUT2D eigenvalue weighted by Crippen LogP contribution is 2.53. The topological polar surface area (TPSA) is 12.0 Å². The Morgan fingerprint density at radius 3 is 2.50 bits per heavy atom. The zero-order valence-electron chi connectivity index (χ0n) is 8.57. The van der Waals surface area contributed by atoms with Crippen LogP contribution >= 0.6 is 0 Å². The molecule has 0 aromatic heterocycles. The summed E-state index contributed by atoms with van der Waals surface area (Å²) in [5.41, 5.74) is 0.559. The molecular formula is C11H19N. The molecule has 0 bridgehead atoms. The third kappa shape index (κ3) is 2.01. The smallest absolute Gasteiger partial charge is 0.0246 e. The normalized spacial score (nSPS) is 27.2. The highest BCUT2D eigenvalue weighted by molar-refractivity contribution is 5.07. The molecule has 68 valence electrons. The molecule has 2 unspecified atom stereocenters. The molecule has 0 saturated heterocycles. The molecule has 1 nitrogen and oxygen atoms in total. The summed E-state index contributed by atoms with van der Waals surface area (Å²) in [6.07, 6.45) is 2.35. The maximum atomic E-state index is 3.35. The average molecular weight is 165 g/mol. The number of hydrogen-bond donors (Lipinski definition) is 1. The minimum absolute atomic E-state index is 0.559. The predicted molar refractivity (Wildman–Crippen MR) is 52.8 cm³/mol. The van der Waals surface area contributed by atoms with Crippen molar-refractivity contribution in [2.45, 2.75) is 39.7 Å². The fourth-order valence-electron chi connectivity index (χ4n) is 1.85. The molecule has 0 spiro atoms. The van der Waals surface area contributed by atoms with Crippen LogP contribution in [0.1, 0.15) is 33.6 Å². The number of rotatable bonds is 3. The van der Waals surface area contributed by atoms with E-state index in [-0.39, 0.29) is 0 Å².